The lowest BCUT2D eigenvalue weighted by Crippen LogP contribution is -2.37. The van der Waals surface area contributed by atoms with Gasteiger partial charge in [0.25, 0.3) is 0 Å². The number of hydrogen-bond acceptors (Lipinski definition) is 3. The molecule has 0 amide bonds. The van der Waals surface area contributed by atoms with Crippen molar-refractivity contribution in [3.63, 3.8) is 0 Å². The minimum Gasteiger partial charge on any atom is -0.302 e. The van der Waals surface area contributed by atoms with Gasteiger partial charge < -0.3 is 4.90 Å². The Kier molecular flexibility index (Phi) is 5.98. The molecule has 2 aromatic rings. The van der Waals surface area contributed by atoms with Crippen molar-refractivity contribution in [3.05, 3.63) is 57.8 Å². The Morgan fingerprint density at radius 1 is 1.12 bits per heavy atom. The Balaban J connectivity index is 1.43. The fraction of sp³-hybridized carbons (Fsp3) is 0.474. The third-order valence-electron chi connectivity index (χ3n) is 4.64. The summed E-state index contributed by atoms with van der Waals surface area (Å²) in [5, 5.41) is 4.33. The SMILES string of the molecule is CN(Cc1ccsc1)CC1CCN(Cc2cc(F)cc(F)c2)CC1. The molecular weight excluding hydrogens is 326 g/mol. The maximum Gasteiger partial charge on any atom is 0.126 e. The molecule has 0 radical (unpaired) electrons. The number of halogens is 2. The lowest BCUT2D eigenvalue weighted by molar-refractivity contribution is 0.147. The summed E-state index contributed by atoms with van der Waals surface area (Å²) >= 11 is 1.74. The normalized spacial score (nSPS) is 16.8. The second kappa shape index (κ2) is 8.19. The highest BCUT2D eigenvalue weighted by atomic mass is 32.1. The van der Waals surface area contributed by atoms with Crippen LogP contribution in [-0.2, 0) is 13.1 Å². The number of benzene rings is 1. The molecule has 3 rings (SSSR count). The zero-order valence-corrected chi connectivity index (χ0v) is 14.9. The van der Waals surface area contributed by atoms with E-state index in [2.05, 4.69) is 33.7 Å². The highest BCUT2D eigenvalue weighted by molar-refractivity contribution is 7.07. The van der Waals surface area contributed by atoms with Gasteiger partial charge in [-0.05, 0) is 79.0 Å². The van der Waals surface area contributed by atoms with Crippen LogP contribution in [0.15, 0.2) is 35.0 Å². The molecule has 1 fully saturated rings. The van der Waals surface area contributed by atoms with Crippen molar-refractivity contribution >= 4 is 11.3 Å². The molecule has 24 heavy (non-hydrogen) atoms. The van der Waals surface area contributed by atoms with Crippen molar-refractivity contribution < 1.29 is 8.78 Å². The van der Waals surface area contributed by atoms with Gasteiger partial charge in [0.05, 0.1) is 0 Å². The Morgan fingerprint density at radius 3 is 2.46 bits per heavy atom. The summed E-state index contributed by atoms with van der Waals surface area (Å²) in [7, 11) is 2.18. The lowest BCUT2D eigenvalue weighted by Gasteiger charge is -2.34. The first-order chi connectivity index (χ1) is 11.6. The van der Waals surface area contributed by atoms with Gasteiger partial charge in [0, 0.05) is 25.7 Å². The van der Waals surface area contributed by atoms with Crippen LogP contribution in [0.4, 0.5) is 8.78 Å². The van der Waals surface area contributed by atoms with Crippen LogP contribution in [0.2, 0.25) is 0 Å². The summed E-state index contributed by atoms with van der Waals surface area (Å²) in [6.07, 6.45) is 2.29. The zero-order chi connectivity index (χ0) is 16.9. The van der Waals surface area contributed by atoms with Gasteiger partial charge in [-0.15, -0.1) is 0 Å². The van der Waals surface area contributed by atoms with Gasteiger partial charge in [0.15, 0.2) is 0 Å². The van der Waals surface area contributed by atoms with Crippen LogP contribution >= 0.6 is 11.3 Å². The fourth-order valence-corrected chi connectivity index (χ4v) is 4.15. The molecule has 2 nitrogen and oxygen atoms in total. The van der Waals surface area contributed by atoms with Crippen LogP contribution in [0.3, 0.4) is 0 Å². The van der Waals surface area contributed by atoms with Crippen LogP contribution in [0.25, 0.3) is 0 Å². The van der Waals surface area contributed by atoms with Gasteiger partial charge in [0.1, 0.15) is 11.6 Å². The second-order valence-corrected chi connectivity index (χ2v) is 7.61. The van der Waals surface area contributed by atoms with E-state index in [1.807, 2.05) is 0 Å². The van der Waals surface area contributed by atoms with Crippen LogP contribution in [0.5, 0.6) is 0 Å². The summed E-state index contributed by atoms with van der Waals surface area (Å²) in [5.41, 5.74) is 2.11. The van der Waals surface area contributed by atoms with E-state index in [1.165, 1.54) is 17.7 Å². The predicted molar refractivity (Wildman–Crippen MR) is 95.0 cm³/mol. The molecule has 1 saturated heterocycles. The van der Waals surface area contributed by atoms with Crippen molar-refractivity contribution in [1.29, 1.82) is 0 Å². The molecule has 5 heteroatoms. The molecule has 1 aliphatic rings. The Morgan fingerprint density at radius 2 is 1.83 bits per heavy atom. The number of hydrogen-bond donors (Lipinski definition) is 0. The van der Waals surface area contributed by atoms with Gasteiger partial charge >= 0.3 is 0 Å². The van der Waals surface area contributed by atoms with Crippen molar-refractivity contribution in [2.75, 3.05) is 26.7 Å². The quantitative estimate of drug-likeness (QED) is 0.763. The molecule has 0 saturated carbocycles. The van der Waals surface area contributed by atoms with E-state index in [9.17, 15) is 8.78 Å². The van der Waals surface area contributed by atoms with E-state index in [4.69, 9.17) is 0 Å². The lowest BCUT2D eigenvalue weighted by atomic mass is 9.96. The summed E-state index contributed by atoms with van der Waals surface area (Å²) in [4.78, 5) is 4.69. The maximum absolute atomic E-state index is 13.3. The molecule has 0 spiro atoms. The summed E-state index contributed by atoms with van der Waals surface area (Å²) in [6.45, 7) is 4.74. The average molecular weight is 350 g/mol. The standard InChI is InChI=1S/C19H24F2N2S/c1-22(12-16-4-7-24-14-16)11-15-2-5-23(6-3-15)13-17-8-18(20)10-19(21)9-17/h4,7-10,14-15H,2-3,5-6,11-13H2,1H3. The third-order valence-corrected chi connectivity index (χ3v) is 5.37. The van der Waals surface area contributed by atoms with E-state index < -0.39 is 11.6 Å². The van der Waals surface area contributed by atoms with E-state index >= 15 is 0 Å². The minimum atomic E-state index is -0.491. The van der Waals surface area contributed by atoms with Crippen molar-refractivity contribution in [2.24, 2.45) is 5.92 Å². The molecule has 2 heterocycles. The number of piperidine rings is 1. The van der Waals surface area contributed by atoms with Crippen molar-refractivity contribution in [1.82, 2.24) is 9.80 Å². The largest absolute Gasteiger partial charge is 0.302 e. The van der Waals surface area contributed by atoms with Gasteiger partial charge in [-0.1, -0.05) is 0 Å². The summed E-state index contributed by atoms with van der Waals surface area (Å²) in [5.74, 6) is -0.279. The first-order valence-corrected chi connectivity index (χ1v) is 9.40. The van der Waals surface area contributed by atoms with Crippen LogP contribution < -0.4 is 0 Å². The van der Waals surface area contributed by atoms with Crippen molar-refractivity contribution in [2.45, 2.75) is 25.9 Å². The van der Waals surface area contributed by atoms with Crippen LogP contribution in [0, 0.1) is 17.6 Å². The maximum atomic E-state index is 13.3. The Labute approximate surface area is 146 Å². The number of nitrogens with zero attached hydrogens (tertiary/aromatic N) is 2. The van der Waals surface area contributed by atoms with Crippen LogP contribution in [-0.4, -0.2) is 36.5 Å². The van der Waals surface area contributed by atoms with Gasteiger partial charge in [-0.2, -0.15) is 11.3 Å². The van der Waals surface area contributed by atoms with Gasteiger partial charge in [0.2, 0.25) is 0 Å². The van der Waals surface area contributed by atoms with Crippen molar-refractivity contribution in [3.8, 4) is 0 Å². The predicted octanol–water partition coefficient (Wildman–Crippen LogP) is 4.37. The number of thiophene rings is 1. The molecule has 0 atom stereocenters. The fourth-order valence-electron chi connectivity index (χ4n) is 3.49. The smallest absolute Gasteiger partial charge is 0.126 e. The first kappa shape index (κ1) is 17.5. The Bertz CT molecular complexity index is 617. The second-order valence-electron chi connectivity index (χ2n) is 6.83. The van der Waals surface area contributed by atoms with E-state index in [-0.39, 0.29) is 0 Å². The minimum absolute atomic E-state index is 0.491. The first-order valence-electron chi connectivity index (χ1n) is 8.45. The molecule has 0 unspecified atom stereocenters. The molecular formula is C19H24F2N2S. The zero-order valence-electron chi connectivity index (χ0n) is 14.0. The number of likely N-dealkylation sites (tertiary alicyclic amines) is 1. The highest BCUT2D eigenvalue weighted by Gasteiger charge is 2.20. The molecule has 0 bridgehead atoms. The Hall–Kier alpha value is -1.30. The number of rotatable bonds is 6. The average Bonchev–Trinajstić information content (AvgIpc) is 3.01. The van der Waals surface area contributed by atoms with E-state index in [1.54, 1.807) is 11.3 Å². The van der Waals surface area contributed by atoms with Gasteiger partial charge in [-0.25, -0.2) is 8.78 Å². The van der Waals surface area contributed by atoms with E-state index in [0.29, 0.717) is 12.5 Å². The molecule has 130 valence electrons. The summed E-state index contributed by atoms with van der Waals surface area (Å²) < 4.78 is 26.6. The highest BCUT2D eigenvalue weighted by Crippen LogP contribution is 2.21. The van der Waals surface area contributed by atoms with E-state index in [0.717, 1.165) is 50.7 Å². The topological polar surface area (TPSA) is 6.48 Å². The third kappa shape index (κ3) is 5.10. The molecule has 1 aromatic heterocycles. The molecule has 0 N–H and O–H groups in total. The molecule has 1 aliphatic heterocycles. The monoisotopic (exact) mass is 350 g/mol. The molecule has 1 aromatic carbocycles. The molecule has 0 aliphatic carbocycles. The van der Waals surface area contributed by atoms with Gasteiger partial charge in [-0.3, -0.25) is 4.90 Å². The summed E-state index contributed by atoms with van der Waals surface area (Å²) in [6, 6.07) is 5.98. The van der Waals surface area contributed by atoms with Crippen LogP contribution in [0.1, 0.15) is 24.0 Å².